The van der Waals surface area contributed by atoms with Crippen LogP contribution in [0.2, 0.25) is 0 Å². The van der Waals surface area contributed by atoms with Gasteiger partial charge in [-0.1, -0.05) is 31.9 Å². The average molecular weight is 383 g/mol. The Labute approximate surface area is 167 Å². The molecule has 1 fully saturated rings. The van der Waals surface area contributed by atoms with Gasteiger partial charge in [0.05, 0.1) is 19.8 Å². The summed E-state index contributed by atoms with van der Waals surface area (Å²) in [6.45, 7) is 7.23. The fraction of sp³-hybridized carbons (Fsp3) is 0.435. The molecule has 1 heterocycles. The molecule has 0 unspecified atom stereocenters. The van der Waals surface area contributed by atoms with E-state index in [9.17, 15) is 4.79 Å². The SMILES string of the molecule is CCCCCOc1ccc(C(=O)Nc2cccc(CN3CCOCC3)c2)cc1. The van der Waals surface area contributed by atoms with E-state index in [4.69, 9.17) is 9.47 Å². The van der Waals surface area contributed by atoms with Gasteiger partial charge >= 0.3 is 0 Å². The van der Waals surface area contributed by atoms with E-state index in [-0.39, 0.29) is 5.91 Å². The number of morpholine rings is 1. The van der Waals surface area contributed by atoms with E-state index in [1.165, 1.54) is 18.4 Å². The van der Waals surface area contributed by atoms with Crippen molar-refractivity contribution in [3.8, 4) is 5.75 Å². The number of nitrogens with zero attached hydrogens (tertiary/aromatic N) is 1. The minimum atomic E-state index is -0.110. The second-order valence-corrected chi connectivity index (χ2v) is 7.12. The zero-order chi connectivity index (χ0) is 19.6. The van der Waals surface area contributed by atoms with E-state index in [1.54, 1.807) is 0 Å². The Morgan fingerprint density at radius 1 is 1.11 bits per heavy atom. The first-order valence-corrected chi connectivity index (χ1v) is 10.2. The molecule has 5 nitrogen and oxygen atoms in total. The quantitative estimate of drug-likeness (QED) is 0.656. The summed E-state index contributed by atoms with van der Waals surface area (Å²) in [4.78, 5) is 14.9. The monoisotopic (exact) mass is 382 g/mol. The molecular weight excluding hydrogens is 352 g/mol. The maximum Gasteiger partial charge on any atom is 0.255 e. The van der Waals surface area contributed by atoms with Gasteiger partial charge in [0, 0.05) is 30.9 Å². The van der Waals surface area contributed by atoms with E-state index in [0.29, 0.717) is 5.56 Å². The lowest BCUT2D eigenvalue weighted by molar-refractivity contribution is 0.0342. The zero-order valence-electron chi connectivity index (χ0n) is 16.7. The van der Waals surface area contributed by atoms with E-state index in [1.807, 2.05) is 42.5 Å². The van der Waals surface area contributed by atoms with Crippen molar-refractivity contribution < 1.29 is 14.3 Å². The van der Waals surface area contributed by atoms with Crippen LogP contribution in [0.1, 0.15) is 42.1 Å². The van der Waals surface area contributed by atoms with Crippen molar-refractivity contribution in [3.05, 3.63) is 59.7 Å². The van der Waals surface area contributed by atoms with Crippen LogP contribution in [0.3, 0.4) is 0 Å². The molecule has 1 aliphatic rings. The number of anilines is 1. The predicted molar refractivity (Wildman–Crippen MR) is 112 cm³/mol. The highest BCUT2D eigenvalue weighted by Gasteiger charge is 2.11. The summed E-state index contributed by atoms with van der Waals surface area (Å²) in [5, 5.41) is 2.99. The van der Waals surface area contributed by atoms with E-state index < -0.39 is 0 Å². The van der Waals surface area contributed by atoms with Gasteiger partial charge in [-0.25, -0.2) is 0 Å². The molecule has 0 radical (unpaired) electrons. The first kappa shape index (κ1) is 20.4. The Balaban J connectivity index is 1.53. The number of amides is 1. The first-order valence-electron chi connectivity index (χ1n) is 10.2. The molecule has 1 aliphatic heterocycles. The predicted octanol–water partition coefficient (Wildman–Crippen LogP) is 4.34. The number of carbonyl (C=O) groups excluding carboxylic acids is 1. The van der Waals surface area contributed by atoms with Gasteiger partial charge in [0.2, 0.25) is 0 Å². The average Bonchev–Trinajstić information content (AvgIpc) is 2.73. The molecule has 5 heteroatoms. The van der Waals surface area contributed by atoms with Gasteiger partial charge in [0.1, 0.15) is 5.75 Å². The van der Waals surface area contributed by atoms with Crippen molar-refractivity contribution in [2.75, 3.05) is 38.2 Å². The van der Waals surface area contributed by atoms with Gasteiger partial charge in [-0.05, 0) is 48.4 Å². The molecule has 2 aromatic carbocycles. The number of unbranched alkanes of at least 4 members (excludes halogenated alkanes) is 2. The van der Waals surface area contributed by atoms with Gasteiger partial charge in [-0.2, -0.15) is 0 Å². The third kappa shape index (κ3) is 6.36. The minimum Gasteiger partial charge on any atom is -0.494 e. The molecule has 1 amide bonds. The van der Waals surface area contributed by atoms with Crippen LogP contribution in [-0.4, -0.2) is 43.7 Å². The second kappa shape index (κ2) is 10.8. The zero-order valence-corrected chi connectivity index (χ0v) is 16.7. The smallest absolute Gasteiger partial charge is 0.255 e. The second-order valence-electron chi connectivity index (χ2n) is 7.12. The van der Waals surface area contributed by atoms with Crippen molar-refractivity contribution in [1.82, 2.24) is 4.90 Å². The molecule has 3 rings (SSSR count). The number of rotatable bonds is 9. The largest absolute Gasteiger partial charge is 0.494 e. The molecule has 2 aromatic rings. The van der Waals surface area contributed by atoms with Crippen LogP contribution in [-0.2, 0) is 11.3 Å². The molecule has 0 aromatic heterocycles. The van der Waals surface area contributed by atoms with Gasteiger partial charge in [0.15, 0.2) is 0 Å². The molecule has 0 saturated carbocycles. The van der Waals surface area contributed by atoms with Crippen molar-refractivity contribution in [1.29, 1.82) is 0 Å². The van der Waals surface area contributed by atoms with Crippen LogP contribution in [0.25, 0.3) is 0 Å². The Kier molecular flexibility index (Phi) is 7.88. The fourth-order valence-electron chi connectivity index (χ4n) is 3.21. The lowest BCUT2D eigenvalue weighted by atomic mass is 10.1. The van der Waals surface area contributed by atoms with Gasteiger partial charge in [-0.3, -0.25) is 9.69 Å². The summed E-state index contributed by atoms with van der Waals surface area (Å²) < 4.78 is 11.1. The number of hydrogen-bond acceptors (Lipinski definition) is 4. The maximum absolute atomic E-state index is 12.5. The highest BCUT2D eigenvalue weighted by molar-refractivity contribution is 6.04. The summed E-state index contributed by atoms with van der Waals surface area (Å²) >= 11 is 0. The standard InChI is InChI=1S/C23H30N2O3/c1-2-3-4-14-28-22-10-8-20(9-11-22)23(26)24-21-7-5-6-19(17-21)18-25-12-15-27-16-13-25/h5-11,17H,2-4,12-16,18H2,1H3,(H,24,26). The normalized spacial score (nSPS) is 14.6. The van der Waals surface area contributed by atoms with Gasteiger partial charge < -0.3 is 14.8 Å². The third-order valence-electron chi connectivity index (χ3n) is 4.83. The van der Waals surface area contributed by atoms with Crippen LogP contribution in [0.4, 0.5) is 5.69 Å². The molecule has 0 atom stereocenters. The molecule has 150 valence electrons. The summed E-state index contributed by atoms with van der Waals surface area (Å²) in [6, 6.07) is 15.4. The summed E-state index contributed by atoms with van der Waals surface area (Å²) in [5.41, 5.74) is 2.63. The molecular formula is C23H30N2O3. The minimum absolute atomic E-state index is 0.110. The van der Waals surface area contributed by atoms with Crippen LogP contribution in [0.15, 0.2) is 48.5 Å². The first-order chi connectivity index (χ1) is 13.7. The molecule has 0 aliphatic carbocycles. The number of hydrogen-bond donors (Lipinski definition) is 1. The fourth-order valence-corrected chi connectivity index (χ4v) is 3.21. The van der Waals surface area contributed by atoms with E-state index >= 15 is 0 Å². The highest BCUT2D eigenvalue weighted by Crippen LogP contribution is 2.17. The summed E-state index contributed by atoms with van der Waals surface area (Å²) in [7, 11) is 0. The summed E-state index contributed by atoms with van der Waals surface area (Å²) in [6.07, 6.45) is 3.40. The van der Waals surface area contributed by atoms with Gasteiger partial charge in [-0.15, -0.1) is 0 Å². The van der Waals surface area contributed by atoms with E-state index in [0.717, 1.165) is 57.3 Å². The molecule has 1 N–H and O–H groups in total. The Hall–Kier alpha value is -2.37. The maximum atomic E-state index is 12.5. The molecule has 1 saturated heterocycles. The Morgan fingerprint density at radius 2 is 1.89 bits per heavy atom. The van der Waals surface area contributed by atoms with Crippen molar-refractivity contribution in [3.63, 3.8) is 0 Å². The van der Waals surface area contributed by atoms with Crippen LogP contribution in [0.5, 0.6) is 5.75 Å². The summed E-state index contributed by atoms with van der Waals surface area (Å²) in [5.74, 6) is 0.696. The number of nitrogens with one attached hydrogen (secondary N) is 1. The third-order valence-corrected chi connectivity index (χ3v) is 4.83. The van der Waals surface area contributed by atoms with Crippen molar-refractivity contribution >= 4 is 11.6 Å². The lowest BCUT2D eigenvalue weighted by Crippen LogP contribution is -2.35. The highest BCUT2D eigenvalue weighted by atomic mass is 16.5. The van der Waals surface area contributed by atoms with Crippen LogP contribution >= 0.6 is 0 Å². The Bertz CT molecular complexity index is 740. The van der Waals surface area contributed by atoms with Crippen LogP contribution in [0, 0.1) is 0 Å². The Morgan fingerprint density at radius 3 is 2.64 bits per heavy atom. The lowest BCUT2D eigenvalue weighted by Gasteiger charge is -2.26. The molecule has 0 bridgehead atoms. The van der Waals surface area contributed by atoms with Crippen molar-refractivity contribution in [2.45, 2.75) is 32.7 Å². The number of ether oxygens (including phenoxy) is 2. The molecule has 28 heavy (non-hydrogen) atoms. The van der Waals surface area contributed by atoms with Crippen LogP contribution < -0.4 is 10.1 Å². The van der Waals surface area contributed by atoms with E-state index in [2.05, 4.69) is 23.2 Å². The van der Waals surface area contributed by atoms with Gasteiger partial charge in [0.25, 0.3) is 5.91 Å². The molecule has 0 spiro atoms. The number of benzene rings is 2. The topological polar surface area (TPSA) is 50.8 Å². The van der Waals surface area contributed by atoms with Crippen molar-refractivity contribution in [2.24, 2.45) is 0 Å². The number of carbonyl (C=O) groups is 1.